The summed E-state index contributed by atoms with van der Waals surface area (Å²) in [6.45, 7) is 0. The molecule has 0 amide bonds. The van der Waals surface area contributed by atoms with Gasteiger partial charge in [-0.3, -0.25) is 9.59 Å². The SMILES string of the molecule is O=C(Cc1ccnc(F)c1)c1ccc(F)cc1.O=C(c1ccc(F)cc1)C(Br)c1ccnc(F)c1. The Morgan fingerprint density at radius 2 is 1.23 bits per heavy atom. The molecule has 0 bridgehead atoms. The van der Waals surface area contributed by atoms with E-state index in [-0.39, 0.29) is 18.0 Å². The van der Waals surface area contributed by atoms with Crippen molar-refractivity contribution in [3.8, 4) is 0 Å². The summed E-state index contributed by atoms with van der Waals surface area (Å²) in [6.07, 6.45) is 2.67. The number of hydrogen-bond acceptors (Lipinski definition) is 4. The highest BCUT2D eigenvalue weighted by molar-refractivity contribution is 9.09. The topological polar surface area (TPSA) is 59.9 Å². The van der Waals surface area contributed by atoms with Crippen LogP contribution < -0.4 is 0 Å². The van der Waals surface area contributed by atoms with E-state index in [4.69, 9.17) is 0 Å². The van der Waals surface area contributed by atoms with Gasteiger partial charge in [0.2, 0.25) is 11.9 Å². The summed E-state index contributed by atoms with van der Waals surface area (Å²) in [5.41, 5.74) is 1.78. The Morgan fingerprint density at radius 3 is 1.77 bits per heavy atom. The number of rotatable bonds is 6. The van der Waals surface area contributed by atoms with E-state index >= 15 is 0 Å². The first-order chi connectivity index (χ1) is 16.7. The molecule has 0 saturated carbocycles. The Bertz CT molecular complexity index is 1320. The predicted octanol–water partition coefficient (Wildman–Crippen LogP) is 6.46. The van der Waals surface area contributed by atoms with Crippen LogP contribution in [0.5, 0.6) is 0 Å². The minimum Gasteiger partial charge on any atom is -0.294 e. The summed E-state index contributed by atoms with van der Waals surface area (Å²) in [7, 11) is 0. The van der Waals surface area contributed by atoms with Crippen molar-refractivity contribution in [1.82, 2.24) is 9.97 Å². The molecule has 0 spiro atoms. The van der Waals surface area contributed by atoms with Crippen molar-refractivity contribution >= 4 is 27.5 Å². The molecule has 0 aliphatic rings. The molecule has 35 heavy (non-hydrogen) atoms. The van der Waals surface area contributed by atoms with E-state index in [1.165, 1.54) is 73.1 Å². The minimum absolute atomic E-state index is 0.0745. The number of Topliss-reactive ketones (excluding diaryl/α,β-unsaturated/α-hetero) is 2. The van der Waals surface area contributed by atoms with Gasteiger partial charge in [-0.1, -0.05) is 15.9 Å². The van der Waals surface area contributed by atoms with Crippen LogP contribution in [0.25, 0.3) is 0 Å². The van der Waals surface area contributed by atoms with E-state index in [1.807, 2.05) is 0 Å². The van der Waals surface area contributed by atoms with Crippen molar-refractivity contribution < 1.29 is 27.2 Å². The maximum absolute atomic E-state index is 13.0. The Morgan fingerprint density at radius 1 is 0.714 bits per heavy atom. The molecule has 1 unspecified atom stereocenters. The maximum Gasteiger partial charge on any atom is 0.213 e. The summed E-state index contributed by atoms with van der Waals surface area (Å²) in [5, 5.41) is 0. The average Bonchev–Trinajstić information content (AvgIpc) is 2.84. The van der Waals surface area contributed by atoms with Gasteiger partial charge in [0.25, 0.3) is 0 Å². The van der Waals surface area contributed by atoms with E-state index < -0.39 is 28.4 Å². The molecule has 2 aromatic heterocycles. The lowest BCUT2D eigenvalue weighted by atomic mass is 10.0. The smallest absolute Gasteiger partial charge is 0.213 e. The lowest BCUT2D eigenvalue weighted by molar-refractivity contribution is 0.0984. The zero-order chi connectivity index (χ0) is 25.4. The van der Waals surface area contributed by atoms with Gasteiger partial charge in [-0.15, -0.1) is 0 Å². The van der Waals surface area contributed by atoms with Gasteiger partial charge in [0.15, 0.2) is 11.6 Å². The number of pyridine rings is 2. The molecule has 0 aliphatic heterocycles. The van der Waals surface area contributed by atoms with E-state index in [9.17, 15) is 27.2 Å². The highest BCUT2D eigenvalue weighted by atomic mass is 79.9. The van der Waals surface area contributed by atoms with Crippen LogP contribution >= 0.6 is 15.9 Å². The molecule has 1 atom stereocenters. The fourth-order valence-electron chi connectivity index (χ4n) is 2.96. The zero-order valence-corrected chi connectivity index (χ0v) is 19.6. The Kier molecular flexibility index (Phi) is 8.97. The first kappa shape index (κ1) is 25.9. The highest BCUT2D eigenvalue weighted by Crippen LogP contribution is 2.27. The monoisotopic (exact) mass is 544 g/mol. The number of carbonyl (C=O) groups excluding carboxylic acids is 2. The number of aromatic nitrogens is 2. The van der Waals surface area contributed by atoms with Crippen molar-refractivity contribution in [1.29, 1.82) is 0 Å². The van der Waals surface area contributed by atoms with Crippen LogP contribution in [0.3, 0.4) is 0 Å². The van der Waals surface area contributed by atoms with Crippen LogP contribution in [0.15, 0.2) is 85.2 Å². The third-order valence-electron chi connectivity index (χ3n) is 4.72. The Hall–Kier alpha value is -3.72. The molecular formula is C26H17BrF4N2O2. The quantitative estimate of drug-likeness (QED) is 0.121. The van der Waals surface area contributed by atoms with Crippen molar-refractivity contribution in [3.05, 3.63) is 131 Å². The van der Waals surface area contributed by atoms with Gasteiger partial charge in [0.1, 0.15) is 16.5 Å². The summed E-state index contributed by atoms with van der Waals surface area (Å²) in [6, 6.07) is 16.0. The second-order valence-electron chi connectivity index (χ2n) is 7.24. The van der Waals surface area contributed by atoms with Crippen LogP contribution in [0.4, 0.5) is 17.6 Å². The summed E-state index contributed by atoms with van der Waals surface area (Å²) >= 11 is 3.20. The molecule has 2 aromatic carbocycles. The second kappa shape index (κ2) is 12.1. The largest absolute Gasteiger partial charge is 0.294 e. The number of nitrogens with zero attached hydrogens (tertiary/aromatic N) is 2. The predicted molar refractivity (Wildman–Crippen MR) is 125 cm³/mol. The number of carbonyl (C=O) groups is 2. The lowest BCUT2D eigenvalue weighted by Crippen LogP contribution is -2.07. The van der Waals surface area contributed by atoms with Gasteiger partial charge in [-0.2, -0.15) is 8.78 Å². The van der Waals surface area contributed by atoms with E-state index in [2.05, 4.69) is 25.9 Å². The number of hydrogen-bond donors (Lipinski definition) is 0. The van der Waals surface area contributed by atoms with E-state index in [1.54, 1.807) is 12.1 Å². The van der Waals surface area contributed by atoms with Crippen LogP contribution in [0.2, 0.25) is 0 Å². The first-order valence-electron chi connectivity index (χ1n) is 10.2. The van der Waals surface area contributed by atoms with Crippen LogP contribution in [-0.2, 0) is 6.42 Å². The molecule has 4 nitrogen and oxygen atoms in total. The van der Waals surface area contributed by atoms with Crippen LogP contribution in [-0.4, -0.2) is 21.5 Å². The molecule has 178 valence electrons. The maximum atomic E-state index is 13.0. The molecule has 4 rings (SSSR count). The standard InChI is InChI=1S/C13H8BrF2NO.C13H9F2NO/c14-12(9-5-6-17-11(16)7-9)13(18)8-1-3-10(15)4-2-8;14-11-3-1-10(2-4-11)12(17)7-9-5-6-16-13(15)8-9/h1-7,12H;1-6,8H,7H2. The molecule has 0 N–H and O–H groups in total. The lowest BCUT2D eigenvalue weighted by Gasteiger charge is -2.09. The Balaban J connectivity index is 0.000000196. The van der Waals surface area contributed by atoms with E-state index in [0.29, 0.717) is 22.3 Å². The van der Waals surface area contributed by atoms with Gasteiger partial charge in [0.05, 0.1) is 0 Å². The molecule has 0 radical (unpaired) electrons. The normalized spacial score (nSPS) is 11.2. The molecule has 0 fully saturated rings. The molecule has 4 aromatic rings. The molecule has 0 saturated heterocycles. The zero-order valence-electron chi connectivity index (χ0n) is 18.0. The third-order valence-corrected chi connectivity index (χ3v) is 5.67. The van der Waals surface area contributed by atoms with Crippen LogP contribution in [0.1, 0.15) is 36.7 Å². The highest BCUT2D eigenvalue weighted by Gasteiger charge is 2.19. The minimum atomic E-state index is -0.680. The van der Waals surface area contributed by atoms with Crippen molar-refractivity contribution in [2.24, 2.45) is 0 Å². The number of ketones is 2. The van der Waals surface area contributed by atoms with Crippen LogP contribution in [0, 0.1) is 23.5 Å². The van der Waals surface area contributed by atoms with E-state index in [0.717, 1.165) is 0 Å². The first-order valence-corrected chi connectivity index (χ1v) is 11.1. The number of benzene rings is 2. The summed E-state index contributed by atoms with van der Waals surface area (Å²) in [5.74, 6) is -2.52. The van der Waals surface area contributed by atoms with Gasteiger partial charge < -0.3 is 0 Å². The van der Waals surface area contributed by atoms with Gasteiger partial charge in [-0.25, -0.2) is 18.7 Å². The summed E-state index contributed by atoms with van der Waals surface area (Å²) in [4.78, 5) is 30.0. The second-order valence-corrected chi connectivity index (χ2v) is 8.15. The van der Waals surface area contributed by atoms with Crippen molar-refractivity contribution in [2.45, 2.75) is 11.2 Å². The fraction of sp³-hybridized carbons (Fsp3) is 0.0769. The van der Waals surface area contributed by atoms with Gasteiger partial charge in [-0.05, 0) is 83.9 Å². The summed E-state index contributed by atoms with van der Waals surface area (Å²) < 4.78 is 51.2. The molecule has 9 heteroatoms. The number of alkyl halides is 1. The molecule has 2 heterocycles. The van der Waals surface area contributed by atoms with Crippen molar-refractivity contribution in [3.63, 3.8) is 0 Å². The molecule has 0 aliphatic carbocycles. The number of halogens is 5. The van der Waals surface area contributed by atoms with Gasteiger partial charge in [0, 0.05) is 29.9 Å². The third kappa shape index (κ3) is 7.65. The van der Waals surface area contributed by atoms with Gasteiger partial charge >= 0.3 is 0 Å². The fourth-order valence-corrected chi connectivity index (χ4v) is 3.51. The molecular weight excluding hydrogens is 528 g/mol. The van der Waals surface area contributed by atoms with Crippen molar-refractivity contribution in [2.75, 3.05) is 0 Å². The Labute approximate surface area is 206 Å². The average molecular weight is 545 g/mol.